The van der Waals surface area contributed by atoms with Crippen LogP contribution in [0.25, 0.3) is 0 Å². The zero-order chi connectivity index (χ0) is 11.8. The fourth-order valence-electron chi connectivity index (χ4n) is 1.32. The third-order valence-electron chi connectivity index (χ3n) is 2.24. The Morgan fingerprint density at radius 1 is 1.44 bits per heavy atom. The van der Waals surface area contributed by atoms with E-state index in [2.05, 4.69) is 0 Å². The lowest BCUT2D eigenvalue weighted by atomic mass is 10.2. The molecule has 0 amide bonds. The Bertz CT molecular complexity index is 342. The maximum absolute atomic E-state index is 11.2. The van der Waals surface area contributed by atoms with Gasteiger partial charge in [-0.1, -0.05) is 19.1 Å². The Labute approximate surface area is 99.4 Å². The summed E-state index contributed by atoms with van der Waals surface area (Å²) in [4.78, 5) is 0. The molecule has 1 aromatic carbocycles. The second-order valence-corrected chi connectivity index (χ2v) is 5.35. The van der Waals surface area contributed by atoms with E-state index in [0.717, 1.165) is 23.5 Å². The van der Waals surface area contributed by atoms with E-state index >= 15 is 0 Å². The van der Waals surface area contributed by atoms with Crippen molar-refractivity contribution in [3.05, 3.63) is 29.8 Å². The Balaban J connectivity index is 2.28. The lowest BCUT2D eigenvalue weighted by molar-refractivity contribution is 0.318. The van der Waals surface area contributed by atoms with Gasteiger partial charge in [-0.2, -0.15) is 0 Å². The van der Waals surface area contributed by atoms with E-state index in [1.54, 1.807) is 0 Å². The van der Waals surface area contributed by atoms with Crippen LogP contribution in [0.15, 0.2) is 24.3 Å². The van der Waals surface area contributed by atoms with E-state index in [1.165, 1.54) is 0 Å². The molecule has 0 saturated heterocycles. The van der Waals surface area contributed by atoms with Crippen LogP contribution in [0.5, 0.6) is 5.75 Å². The lowest BCUT2D eigenvalue weighted by Crippen LogP contribution is -2.06. The summed E-state index contributed by atoms with van der Waals surface area (Å²) in [6.07, 6.45) is 0.827. The van der Waals surface area contributed by atoms with Gasteiger partial charge >= 0.3 is 0 Å². The first-order chi connectivity index (χ1) is 7.76. The van der Waals surface area contributed by atoms with Crippen molar-refractivity contribution >= 4 is 10.8 Å². The molecule has 0 aliphatic heterocycles. The second kappa shape index (κ2) is 7.41. The summed E-state index contributed by atoms with van der Waals surface area (Å²) in [5.74, 6) is 2.28. The second-order valence-electron chi connectivity index (χ2n) is 3.49. The minimum Gasteiger partial charge on any atom is -0.494 e. The van der Waals surface area contributed by atoms with Crippen LogP contribution < -0.4 is 10.5 Å². The lowest BCUT2D eigenvalue weighted by Gasteiger charge is -2.06. The highest BCUT2D eigenvalue weighted by atomic mass is 32.2. The monoisotopic (exact) mass is 241 g/mol. The Morgan fingerprint density at radius 2 is 2.25 bits per heavy atom. The molecular formula is C12H19NO2S. The molecule has 2 N–H and O–H groups in total. The van der Waals surface area contributed by atoms with Crippen molar-refractivity contribution in [2.75, 3.05) is 18.1 Å². The highest BCUT2D eigenvalue weighted by molar-refractivity contribution is 7.84. The van der Waals surface area contributed by atoms with Crippen LogP contribution >= 0.6 is 0 Å². The van der Waals surface area contributed by atoms with E-state index in [9.17, 15) is 4.21 Å². The van der Waals surface area contributed by atoms with Gasteiger partial charge < -0.3 is 10.5 Å². The summed E-state index contributed by atoms with van der Waals surface area (Å²) in [6, 6.07) is 7.76. The Morgan fingerprint density at radius 3 is 2.94 bits per heavy atom. The highest BCUT2D eigenvalue weighted by Gasteiger charge is 1.98. The zero-order valence-electron chi connectivity index (χ0n) is 9.65. The van der Waals surface area contributed by atoms with Crippen molar-refractivity contribution in [3.63, 3.8) is 0 Å². The van der Waals surface area contributed by atoms with Crippen LogP contribution in [0.2, 0.25) is 0 Å². The third kappa shape index (κ3) is 4.77. The van der Waals surface area contributed by atoms with Crippen molar-refractivity contribution in [2.24, 2.45) is 5.73 Å². The van der Waals surface area contributed by atoms with Gasteiger partial charge in [-0.25, -0.2) is 0 Å². The van der Waals surface area contributed by atoms with Crippen molar-refractivity contribution in [1.29, 1.82) is 0 Å². The number of benzene rings is 1. The molecule has 1 aromatic rings. The Hall–Kier alpha value is -0.870. The van der Waals surface area contributed by atoms with Gasteiger partial charge in [0.05, 0.1) is 6.61 Å². The van der Waals surface area contributed by atoms with Crippen LogP contribution in [0, 0.1) is 0 Å². The molecule has 0 spiro atoms. The molecule has 0 aliphatic carbocycles. The first-order valence-electron chi connectivity index (χ1n) is 5.53. The highest BCUT2D eigenvalue weighted by Crippen LogP contribution is 2.12. The average molecular weight is 241 g/mol. The van der Waals surface area contributed by atoms with Crippen molar-refractivity contribution in [2.45, 2.75) is 19.9 Å². The van der Waals surface area contributed by atoms with Crippen LogP contribution in [-0.2, 0) is 17.3 Å². The van der Waals surface area contributed by atoms with Gasteiger partial charge in [0.2, 0.25) is 0 Å². The maximum Gasteiger partial charge on any atom is 0.119 e. The van der Waals surface area contributed by atoms with E-state index in [4.69, 9.17) is 10.5 Å². The molecule has 0 saturated carbocycles. The van der Waals surface area contributed by atoms with Gasteiger partial charge in [0.25, 0.3) is 0 Å². The number of hydrogen-bond donors (Lipinski definition) is 1. The molecule has 0 radical (unpaired) electrons. The quantitative estimate of drug-likeness (QED) is 0.739. The molecule has 1 rings (SSSR count). The summed E-state index contributed by atoms with van der Waals surface area (Å²) in [5, 5.41) is 0. The van der Waals surface area contributed by atoms with Gasteiger partial charge in [0.1, 0.15) is 5.75 Å². The van der Waals surface area contributed by atoms with Crippen molar-refractivity contribution < 1.29 is 8.95 Å². The fourth-order valence-corrected chi connectivity index (χ4v) is 2.05. The number of ether oxygens (including phenoxy) is 1. The molecule has 0 heterocycles. The summed E-state index contributed by atoms with van der Waals surface area (Å²) in [7, 11) is -0.691. The SMILES string of the molecule is CCS(=O)CCCOc1cccc(CN)c1. The standard InChI is InChI=1S/C12H19NO2S/c1-2-16(14)8-4-7-15-12-6-3-5-11(9-12)10-13/h3,5-6,9H,2,4,7-8,10,13H2,1H3. The van der Waals surface area contributed by atoms with E-state index in [0.29, 0.717) is 18.9 Å². The minimum absolute atomic E-state index is 0.525. The molecule has 0 bridgehead atoms. The first-order valence-corrected chi connectivity index (χ1v) is 7.02. The molecule has 0 fully saturated rings. The van der Waals surface area contributed by atoms with Crippen LogP contribution in [0.1, 0.15) is 18.9 Å². The molecule has 16 heavy (non-hydrogen) atoms. The maximum atomic E-state index is 11.2. The zero-order valence-corrected chi connectivity index (χ0v) is 10.5. The third-order valence-corrected chi connectivity index (χ3v) is 3.63. The van der Waals surface area contributed by atoms with Gasteiger partial charge in [-0.05, 0) is 24.1 Å². The smallest absolute Gasteiger partial charge is 0.119 e. The van der Waals surface area contributed by atoms with Gasteiger partial charge in [0, 0.05) is 28.9 Å². The minimum atomic E-state index is -0.691. The van der Waals surface area contributed by atoms with Gasteiger partial charge in [-0.3, -0.25) is 4.21 Å². The summed E-state index contributed by atoms with van der Waals surface area (Å²) < 4.78 is 16.7. The number of nitrogens with two attached hydrogens (primary N) is 1. The molecule has 1 unspecified atom stereocenters. The molecule has 90 valence electrons. The molecule has 0 aliphatic rings. The van der Waals surface area contributed by atoms with Crippen LogP contribution in [0.3, 0.4) is 0 Å². The molecule has 4 heteroatoms. The molecule has 3 nitrogen and oxygen atoms in total. The van der Waals surface area contributed by atoms with E-state index < -0.39 is 10.8 Å². The van der Waals surface area contributed by atoms with E-state index in [-0.39, 0.29) is 0 Å². The normalized spacial score (nSPS) is 12.4. The topological polar surface area (TPSA) is 52.3 Å². The summed E-state index contributed by atoms with van der Waals surface area (Å²) in [6.45, 7) is 3.07. The number of rotatable bonds is 7. The van der Waals surface area contributed by atoms with Gasteiger partial charge in [0.15, 0.2) is 0 Å². The van der Waals surface area contributed by atoms with Gasteiger partial charge in [-0.15, -0.1) is 0 Å². The van der Waals surface area contributed by atoms with Crippen molar-refractivity contribution in [3.8, 4) is 5.75 Å². The predicted molar refractivity (Wildman–Crippen MR) is 68.0 cm³/mol. The fraction of sp³-hybridized carbons (Fsp3) is 0.500. The molecule has 0 aromatic heterocycles. The summed E-state index contributed by atoms with van der Waals surface area (Å²) in [5.41, 5.74) is 6.60. The Kier molecular flexibility index (Phi) is 6.11. The van der Waals surface area contributed by atoms with Crippen LogP contribution in [0.4, 0.5) is 0 Å². The first kappa shape index (κ1) is 13.2. The van der Waals surface area contributed by atoms with Crippen molar-refractivity contribution in [1.82, 2.24) is 0 Å². The average Bonchev–Trinajstić information content (AvgIpc) is 2.34. The number of hydrogen-bond acceptors (Lipinski definition) is 3. The largest absolute Gasteiger partial charge is 0.494 e. The van der Waals surface area contributed by atoms with E-state index in [1.807, 2.05) is 31.2 Å². The van der Waals surface area contributed by atoms with Crippen LogP contribution in [-0.4, -0.2) is 22.3 Å². The summed E-state index contributed by atoms with van der Waals surface area (Å²) >= 11 is 0. The molecular weight excluding hydrogens is 222 g/mol. The predicted octanol–water partition coefficient (Wildman–Crippen LogP) is 1.68. The molecule has 1 atom stereocenters.